The predicted molar refractivity (Wildman–Crippen MR) is 84.5 cm³/mol. The van der Waals surface area contributed by atoms with Crippen LogP contribution in [0.15, 0.2) is 6.07 Å². The molecule has 0 spiro atoms. The minimum absolute atomic E-state index is 0.277. The third-order valence-electron chi connectivity index (χ3n) is 3.15. The van der Waals surface area contributed by atoms with Gasteiger partial charge >= 0.3 is 0 Å². The number of nitrogens with zero attached hydrogens (tertiary/aromatic N) is 3. The van der Waals surface area contributed by atoms with Gasteiger partial charge < -0.3 is 15.3 Å². The molecule has 1 heterocycles. The fraction of sp³-hybridized carbons (Fsp3) is 0.733. The first-order valence-electron chi connectivity index (χ1n) is 7.53. The second kappa shape index (κ2) is 8.74. The van der Waals surface area contributed by atoms with E-state index in [1.807, 2.05) is 6.07 Å². The Morgan fingerprint density at radius 3 is 2.60 bits per heavy atom. The highest BCUT2D eigenvalue weighted by Crippen LogP contribution is 2.19. The van der Waals surface area contributed by atoms with Crippen molar-refractivity contribution in [2.75, 3.05) is 37.0 Å². The number of rotatable bonds is 9. The predicted octanol–water partition coefficient (Wildman–Crippen LogP) is 2.63. The fourth-order valence-corrected chi connectivity index (χ4v) is 1.93. The van der Waals surface area contributed by atoms with Crippen LogP contribution in [0.5, 0.6) is 0 Å². The quantitative estimate of drug-likeness (QED) is 0.681. The molecule has 0 amide bonds. The van der Waals surface area contributed by atoms with Crippen LogP contribution in [0.25, 0.3) is 0 Å². The lowest BCUT2D eigenvalue weighted by molar-refractivity contribution is 0.283. The Balaban J connectivity index is 2.75. The van der Waals surface area contributed by atoms with E-state index in [9.17, 15) is 0 Å². The van der Waals surface area contributed by atoms with Gasteiger partial charge in [0.15, 0.2) is 0 Å². The zero-order valence-electron chi connectivity index (χ0n) is 13.2. The van der Waals surface area contributed by atoms with Crippen LogP contribution in [0.4, 0.5) is 11.6 Å². The van der Waals surface area contributed by atoms with Crippen LogP contribution >= 0.6 is 0 Å². The first-order valence-corrected chi connectivity index (χ1v) is 7.53. The Hall–Kier alpha value is -1.36. The molecule has 114 valence electrons. The maximum Gasteiger partial charge on any atom is 0.135 e. The normalized spacial score (nSPS) is 10.9. The van der Waals surface area contributed by atoms with Crippen LogP contribution in [-0.2, 0) is 0 Å². The van der Waals surface area contributed by atoms with E-state index in [1.165, 1.54) is 0 Å². The van der Waals surface area contributed by atoms with Crippen LogP contribution < -0.4 is 10.2 Å². The molecule has 0 unspecified atom stereocenters. The summed E-state index contributed by atoms with van der Waals surface area (Å²) in [6.45, 7) is 8.36. The molecule has 0 aliphatic carbocycles. The van der Waals surface area contributed by atoms with Crippen LogP contribution in [0, 0.1) is 0 Å². The molecule has 0 aliphatic rings. The number of hydrogen-bond donors (Lipinski definition) is 2. The van der Waals surface area contributed by atoms with Crippen molar-refractivity contribution < 1.29 is 5.11 Å². The van der Waals surface area contributed by atoms with E-state index in [4.69, 9.17) is 5.11 Å². The summed E-state index contributed by atoms with van der Waals surface area (Å²) in [4.78, 5) is 11.3. The average Bonchev–Trinajstić information content (AvgIpc) is 2.43. The standard InChI is InChI=1S/C15H28N4O/c1-5-16-13-11-14(18-15(17-13)12(2)3)19(4)9-7-6-8-10-20/h11-12,20H,5-10H2,1-4H3,(H,16,17,18). The molecule has 5 heteroatoms. The van der Waals surface area contributed by atoms with Gasteiger partial charge in [0.05, 0.1) is 0 Å². The fourth-order valence-electron chi connectivity index (χ4n) is 1.93. The molecule has 1 aromatic heterocycles. The van der Waals surface area contributed by atoms with Gasteiger partial charge in [-0.25, -0.2) is 9.97 Å². The van der Waals surface area contributed by atoms with Crippen molar-refractivity contribution in [3.05, 3.63) is 11.9 Å². The van der Waals surface area contributed by atoms with Crippen molar-refractivity contribution in [3.8, 4) is 0 Å². The number of aliphatic hydroxyl groups is 1. The highest BCUT2D eigenvalue weighted by molar-refractivity contribution is 5.49. The summed E-state index contributed by atoms with van der Waals surface area (Å²) < 4.78 is 0. The van der Waals surface area contributed by atoms with E-state index in [1.54, 1.807) is 0 Å². The number of hydrogen-bond acceptors (Lipinski definition) is 5. The molecule has 0 bridgehead atoms. The minimum atomic E-state index is 0.277. The molecule has 0 radical (unpaired) electrons. The lowest BCUT2D eigenvalue weighted by atomic mass is 10.2. The van der Waals surface area contributed by atoms with Crippen LogP contribution in [0.2, 0.25) is 0 Å². The van der Waals surface area contributed by atoms with Crippen LogP contribution in [0.1, 0.15) is 51.8 Å². The number of nitrogens with one attached hydrogen (secondary N) is 1. The Bertz CT molecular complexity index is 395. The first kappa shape index (κ1) is 16.7. The Morgan fingerprint density at radius 1 is 1.25 bits per heavy atom. The number of aromatic nitrogens is 2. The van der Waals surface area contributed by atoms with E-state index in [2.05, 4.69) is 48.0 Å². The smallest absolute Gasteiger partial charge is 0.135 e. The summed E-state index contributed by atoms with van der Waals surface area (Å²) >= 11 is 0. The van der Waals surface area contributed by atoms with E-state index < -0.39 is 0 Å². The number of anilines is 2. The molecule has 0 aliphatic heterocycles. The summed E-state index contributed by atoms with van der Waals surface area (Å²) in [5, 5.41) is 12.1. The summed E-state index contributed by atoms with van der Waals surface area (Å²) in [5.41, 5.74) is 0. The molecule has 2 N–H and O–H groups in total. The lowest BCUT2D eigenvalue weighted by Gasteiger charge is -2.20. The molecule has 0 atom stereocenters. The van der Waals surface area contributed by atoms with E-state index in [-0.39, 0.29) is 6.61 Å². The van der Waals surface area contributed by atoms with Gasteiger partial charge in [-0.15, -0.1) is 0 Å². The Kier molecular flexibility index (Phi) is 7.30. The Labute approximate surface area is 122 Å². The van der Waals surface area contributed by atoms with Crippen molar-refractivity contribution in [1.29, 1.82) is 0 Å². The highest BCUT2D eigenvalue weighted by atomic mass is 16.2. The van der Waals surface area contributed by atoms with Crippen LogP contribution in [-0.4, -0.2) is 41.8 Å². The zero-order chi connectivity index (χ0) is 15.0. The van der Waals surface area contributed by atoms with Crippen molar-refractivity contribution in [2.45, 2.75) is 46.0 Å². The van der Waals surface area contributed by atoms with Crippen LogP contribution in [0.3, 0.4) is 0 Å². The van der Waals surface area contributed by atoms with Crippen molar-refractivity contribution in [2.24, 2.45) is 0 Å². The van der Waals surface area contributed by atoms with Gasteiger partial charge in [-0.2, -0.15) is 0 Å². The summed E-state index contributed by atoms with van der Waals surface area (Å²) in [5.74, 6) is 3.04. The first-order chi connectivity index (χ1) is 9.58. The topological polar surface area (TPSA) is 61.3 Å². The lowest BCUT2D eigenvalue weighted by Crippen LogP contribution is -2.21. The average molecular weight is 280 g/mol. The summed E-state index contributed by atoms with van der Waals surface area (Å²) in [6, 6.07) is 2.00. The van der Waals surface area contributed by atoms with Crippen molar-refractivity contribution >= 4 is 11.6 Å². The summed E-state index contributed by atoms with van der Waals surface area (Å²) in [7, 11) is 2.06. The molecule has 5 nitrogen and oxygen atoms in total. The van der Waals surface area contributed by atoms with Gasteiger partial charge in [0.1, 0.15) is 17.5 Å². The molecular formula is C15H28N4O. The van der Waals surface area contributed by atoms with Gasteiger partial charge in [0, 0.05) is 38.7 Å². The molecule has 20 heavy (non-hydrogen) atoms. The number of unbranched alkanes of at least 4 members (excludes halogenated alkanes) is 2. The number of aliphatic hydroxyl groups excluding tert-OH is 1. The van der Waals surface area contributed by atoms with E-state index >= 15 is 0 Å². The van der Waals surface area contributed by atoms with Gasteiger partial charge in [-0.05, 0) is 26.2 Å². The molecular weight excluding hydrogens is 252 g/mol. The maximum atomic E-state index is 8.80. The van der Waals surface area contributed by atoms with Gasteiger partial charge in [-0.3, -0.25) is 0 Å². The van der Waals surface area contributed by atoms with Crippen molar-refractivity contribution in [1.82, 2.24) is 9.97 Å². The third-order valence-corrected chi connectivity index (χ3v) is 3.15. The SMILES string of the molecule is CCNc1cc(N(C)CCCCCO)nc(C(C)C)n1. The second-order valence-corrected chi connectivity index (χ2v) is 5.36. The van der Waals surface area contributed by atoms with E-state index in [0.29, 0.717) is 5.92 Å². The highest BCUT2D eigenvalue weighted by Gasteiger charge is 2.10. The largest absolute Gasteiger partial charge is 0.396 e. The zero-order valence-corrected chi connectivity index (χ0v) is 13.2. The second-order valence-electron chi connectivity index (χ2n) is 5.36. The summed E-state index contributed by atoms with van der Waals surface area (Å²) in [6.07, 6.45) is 2.98. The molecule has 1 aromatic rings. The molecule has 0 saturated carbocycles. The van der Waals surface area contributed by atoms with Gasteiger partial charge in [0.2, 0.25) is 0 Å². The monoisotopic (exact) mass is 280 g/mol. The van der Waals surface area contributed by atoms with Gasteiger partial charge in [-0.1, -0.05) is 13.8 Å². The Morgan fingerprint density at radius 2 is 2.00 bits per heavy atom. The molecule has 0 aromatic carbocycles. The van der Waals surface area contributed by atoms with E-state index in [0.717, 1.165) is 49.8 Å². The minimum Gasteiger partial charge on any atom is -0.396 e. The maximum absolute atomic E-state index is 8.80. The van der Waals surface area contributed by atoms with Crippen molar-refractivity contribution in [3.63, 3.8) is 0 Å². The third kappa shape index (κ3) is 5.33. The molecule has 0 saturated heterocycles. The van der Waals surface area contributed by atoms with Gasteiger partial charge in [0.25, 0.3) is 0 Å². The molecule has 1 rings (SSSR count). The molecule has 0 fully saturated rings.